The Morgan fingerprint density at radius 2 is 2.00 bits per heavy atom. The van der Waals surface area contributed by atoms with Crippen LogP contribution in [0.1, 0.15) is 11.8 Å². The Hall–Kier alpha value is -1.68. The van der Waals surface area contributed by atoms with Crippen molar-refractivity contribution >= 4 is 11.6 Å². The van der Waals surface area contributed by atoms with Crippen molar-refractivity contribution in [2.24, 2.45) is 0 Å². The number of hydrogen-bond donors (Lipinski definition) is 6. The van der Waals surface area contributed by atoms with E-state index < -0.39 is 36.6 Å². The van der Waals surface area contributed by atoms with Crippen LogP contribution < -0.4 is 17.0 Å². The van der Waals surface area contributed by atoms with Crippen LogP contribution in [0.5, 0.6) is 0 Å². The zero-order valence-corrected chi connectivity index (χ0v) is 9.28. The highest BCUT2D eigenvalue weighted by Gasteiger charge is 2.44. The molecule has 1 aromatic rings. The summed E-state index contributed by atoms with van der Waals surface area (Å²) in [5, 5.41) is 28.3. The summed E-state index contributed by atoms with van der Waals surface area (Å²) in [5.41, 5.74) is 9.94. The first kappa shape index (κ1) is 12.8. The third-order valence-corrected chi connectivity index (χ3v) is 2.81. The van der Waals surface area contributed by atoms with E-state index in [2.05, 4.69) is 9.97 Å². The maximum Gasteiger partial charge on any atom is 0.275 e. The third-order valence-electron chi connectivity index (χ3n) is 2.81. The molecule has 1 saturated heterocycles. The SMILES string of the molecule is Nc1nc([C@@H]2O[C@H](CO)[C@@H](O)[C@H]2O)c(N)c(=O)[nH]1. The number of aliphatic hydroxyl groups excluding tert-OH is 3. The van der Waals surface area contributed by atoms with Gasteiger partial charge in [0.25, 0.3) is 5.56 Å². The summed E-state index contributed by atoms with van der Waals surface area (Å²) >= 11 is 0. The topological polar surface area (TPSA) is 168 Å². The lowest BCUT2D eigenvalue weighted by molar-refractivity contribution is -0.0237. The smallest absolute Gasteiger partial charge is 0.275 e. The Labute approximate surface area is 101 Å². The van der Waals surface area contributed by atoms with Gasteiger partial charge in [0.15, 0.2) is 0 Å². The van der Waals surface area contributed by atoms with Crippen LogP contribution in [0, 0.1) is 0 Å². The quantitative estimate of drug-likeness (QED) is 0.328. The fraction of sp³-hybridized carbons (Fsp3) is 0.556. The molecule has 1 aromatic heterocycles. The van der Waals surface area contributed by atoms with E-state index in [1.807, 2.05) is 0 Å². The highest BCUT2D eigenvalue weighted by atomic mass is 16.6. The van der Waals surface area contributed by atoms with Gasteiger partial charge in [-0.15, -0.1) is 0 Å². The van der Waals surface area contributed by atoms with Crippen molar-refractivity contribution in [1.29, 1.82) is 0 Å². The van der Waals surface area contributed by atoms with Crippen molar-refractivity contribution in [2.75, 3.05) is 18.1 Å². The molecule has 0 saturated carbocycles. The van der Waals surface area contributed by atoms with E-state index in [0.29, 0.717) is 0 Å². The normalized spacial score (nSPS) is 31.7. The molecule has 18 heavy (non-hydrogen) atoms. The van der Waals surface area contributed by atoms with Crippen LogP contribution in [0.15, 0.2) is 4.79 Å². The lowest BCUT2D eigenvalue weighted by Crippen LogP contribution is -2.33. The molecule has 9 nitrogen and oxygen atoms in total. The van der Waals surface area contributed by atoms with Crippen LogP contribution in [0.4, 0.5) is 11.6 Å². The number of rotatable bonds is 2. The van der Waals surface area contributed by atoms with Gasteiger partial charge in [-0.2, -0.15) is 0 Å². The minimum Gasteiger partial charge on any atom is -0.394 e. The van der Waals surface area contributed by atoms with Crippen molar-refractivity contribution in [1.82, 2.24) is 9.97 Å². The summed E-state index contributed by atoms with van der Waals surface area (Å²) in [6.45, 7) is -0.479. The molecule has 2 rings (SSSR count). The second kappa shape index (κ2) is 4.53. The molecular formula is C9H14N4O5. The van der Waals surface area contributed by atoms with Gasteiger partial charge in [0.2, 0.25) is 5.95 Å². The molecule has 8 N–H and O–H groups in total. The average Bonchev–Trinajstić information content (AvgIpc) is 2.61. The van der Waals surface area contributed by atoms with Crippen molar-refractivity contribution < 1.29 is 20.1 Å². The second-order valence-corrected chi connectivity index (χ2v) is 4.01. The average molecular weight is 258 g/mol. The molecule has 2 heterocycles. The summed E-state index contributed by atoms with van der Waals surface area (Å²) < 4.78 is 5.21. The Balaban J connectivity index is 2.41. The van der Waals surface area contributed by atoms with Crippen LogP contribution in [-0.2, 0) is 4.74 Å². The molecule has 1 aliphatic rings. The number of ether oxygens (including phenoxy) is 1. The molecule has 0 radical (unpaired) electrons. The zero-order valence-electron chi connectivity index (χ0n) is 9.28. The van der Waals surface area contributed by atoms with E-state index in [9.17, 15) is 15.0 Å². The molecule has 0 bridgehead atoms. The molecule has 9 heteroatoms. The number of aliphatic hydroxyl groups is 3. The summed E-state index contributed by atoms with van der Waals surface area (Å²) in [4.78, 5) is 17.4. The van der Waals surface area contributed by atoms with Crippen molar-refractivity contribution in [2.45, 2.75) is 24.4 Å². The van der Waals surface area contributed by atoms with Gasteiger partial charge in [0.1, 0.15) is 35.8 Å². The van der Waals surface area contributed by atoms with E-state index in [1.54, 1.807) is 0 Å². The molecule has 4 atom stereocenters. The summed E-state index contributed by atoms with van der Waals surface area (Å²) in [5.74, 6) is -0.179. The van der Waals surface area contributed by atoms with Gasteiger partial charge in [-0.05, 0) is 0 Å². The Bertz CT molecular complexity index is 504. The number of nitrogens with one attached hydrogen (secondary N) is 1. The number of nitrogen functional groups attached to an aromatic ring is 2. The Kier molecular flexibility index (Phi) is 3.22. The number of H-pyrrole nitrogens is 1. The van der Waals surface area contributed by atoms with Gasteiger partial charge in [-0.25, -0.2) is 4.98 Å². The maximum atomic E-state index is 11.4. The lowest BCUT2D eigenvalue weighted by atomic mass is 10.1. The van der Waals surface area contributed by atoms with E-state index in [4.69, 9.17) is 21.3 Å². The molecule has 0 unspecified atom stereocenters. The van der Waals surface area contributed by atoms with E-state index in [1.165, 1.54) is 0 Å². The Morgan fingerprint density at radius 3 is 2.56 bits per heavy atom. The van der Waals surface area contributed by atoms with Gasteiger partial charge in [-0.1, -0.05) is 0 Å². The number of aromatic amines is 1. The highest BCUT2D eigenvalue weighted by molar-refractivity contribution is 5.45. The van der Waals surface area contributed by atoms with Crippen molar-refractivity contribution in [3.8, 4) is 0 Å². The summed E-state index contributed by atoms with van der Waals surface area (Å²) in [6, 6.07) is 0. The van der Waals surface area contributed by atoms with E-state index >= 15 is 0 Å². The first-order chi connectivity index (χ1) is 8.45. The molecule has 0 aromatic carbocycles. The second-order valence-electron chi connectivity index (χ2n) is 4.01. The van der Waals surface area contributed by atoms with Gasteiger partial charge in [0, 0.05) is 0 Å². The zero-order chi connectivity index (χ0) is 13.4. The molecular weight excluding hydrogens is 244 g/mol. The van der Waals surface area contributed by atoms with Gasteiger partial charge < -0.3 is 31.5 Å². The summed E-state index contributed by atoms with van der Waals surface area (Å²) in [7, 11) is 0. The van der Waals surface area contributed by atoms with Crippen LogP contribution >= 0.6 is 0 Å². The molecule has 1 fully saturated rings. The minimum absolute atomic E-state index is 0.0567. The minimum atomic E-state index is -1.35. The first-order valence-electron chi connectivity index (χ1n) is 5.23. The number of nitrogens with zero attached hydrogens (tertiary/aromatic N) is 1. The van der Waals surface area contributed by atoms with Gasteiger partial charge in [-0.3, -0.25) is 9.78 Å². The van der Waals surface area contributed by atoms with E-state index in [0.717, 1.165) is 0 Å². The van der Waals surface area contributed by atoms with E-state index in [-0.39, 0.29) is 17.3 Å². The van der Waals surface area contributed by atoms with Crippen molar-refractivity contribution in [3.63, 3.8) is 0 Å². The fourth-order valence-electron chi connectivity index (χ4n) is 1.86. The predicted molar refractivity (Wildman–Crippen MR) is 60.4 cm³/mol. The maximum absolute atomic E-state index is 11.4. The molecule has 1 aliphatic heterocycles. The number of hydrogen-bond acceptors (Lipinski definition) is 8. The third kappa shape index (κ3) is 1.93. The first-order valence-corrected chi connectivity index (χ1v) is 5.23. The predicted octanol–water partition coefficient (Wildman–Crippen LogP) is -2.91. The van der Waals surface area contributed by atoms with Crippen LogP contribution in [0.25, 0.3) is 0 Å². The highest BCUT2D eigenvalue weighted by Crippen LogP contribution is 2.34. The lowest BCUT2D eigenvalue weighted by Gasteiger charge is -2.15. The van der Waals surface area contributed by atoms with Crippen LogP contribution in [-0.4, -0.2) is 50.2 Å². The molecule has 0 aliphatic carbocycles. The number of aromatic nitrogens is 2. The largest absolute Gasteiger partial charge is 0.394 e. The van der Waals surface area contributed by atoms with Gasteiger partial charge >= 0.3 is 0 Å². The van der Waals surface area contributed by atoms with Crippen LogP contribution in [0.3, 0.4) is 0 Å². The van der Waals surface area contributed by atoms with Crippen molar-refractivity contribution in [3.05, 3.63) is 16.0 Å². The van der Waals surface area contributed by atoms with Crippen LogP contribution in [0.2, 0.25) is 0 Å². The molecule has 0 spiro atoms. The summed E-state index contributed by atoms with van der Waals surface area (Å²) in [6.07, 6.45) is -4.71. The number of nitrogens with two attached hydrogens (primary N) is 2. The Morgan fingerprint density at radius 1 is 1.33 bits per heavy atom. The van der Waals surface area contributed by atoms with Gasteiger partial charge in [0.05, 0.1) is 6.61 Å². The molecule has 100 valence electrons. The molecule has 0 amide bonds. The fourth-order valence-corrected chi connectivity index (χ4v) is 1.86. The number of anilines is 2. The standard InChI is InChI=1S/C9H14N4O5/c10-3-4(12-9(11)13-8(3)17)7-6(16)5(15)2(1-14)18-7/h2,5-7,14-16H,1,10H2,(H3,11,12,13,17)/t2-,5-,6-,7+/m1/s1. The monoisotopic (exact) mass is 258 g/mol.